The van der Waals surface area contributed by atoms with Crippen molar-refractivity contribution in [1.29, 1.82) is 0 Å². The molecule has 4 heteroatoms. The van der Waals surface area contributed by atoms with Crippen LogP contribution >= 0.6 is 0 Å². The fourth-order valence-electron chi connectivity index (χ4n) is 0.632. The Kier molecular flexibility index (Phi) is 5.11. The minimum absolute atomic E-state index is 0.781. The first-order valence-corrected chi connectivity index (χ1v) is 3.95. The Labute approximate surface area is 75.7 Å². The molecule has 0 aliphatic carbocycles. The summed E-state index contributed by atoms with van der Waals surface area (Å²) in [4.78, 5) is 3.28. The molecular formula is C9H12F3N. The summed E-state index contributed by atoms with van der Waals surface area (Å²) in [5.74, 6) is 0. The second-order valence-corrected chi connectivity index (χ2v) is 2.29. The molecule has 0 N–H and O–H groups in total. The van der Waals surface area contributed by atoms with E-state index in [9.17, 15) is 13.2 Å². The second-order valence-electron chi connectivity index (χ2n) is 2.29. The van der Waals surface area contributed by atoms with E-state index < -0.39 is 11.9 Å². The van der Waals surface area contributed by atoms with Crippen molar-refractivity contribution in [2.75, 3.05) is 0 Å². The zero-order valence-electron chi connectivity index (χ0n) is 7.60. The fraction of sp³-hybridized carbons (Fsp3) is 0.444. The maximum atomic E-state index is 12.0. The lowest BCUT2D eigenvalue weighted by Gasteiger charge is -2.04. The molecule has 74 valence electrons. The molecular weight excluding hydrogens is 179 g/mol. The van der Waals surface area contributed by atoms with Crippen molar-refractivity contribution in [3.8, 4) is 0 Å². The molecule has 0 unspecified atom stereocenters. The van der Waals surface area contributed by atoms with Gasteiger partial charge in [-0.25, -0.2) is 0 Å². The van der Waals surface area contributed by atoms with E-state index in [1.807, 2.05) is 6.92 Å². The number of rotatable bonds is 3. The summed E-state index contributed by atoms with van der Waals surface area (Å²) in [7, 11) is 0. The molecule has 0 bridgehead atoms. The van der Waals surface area contributed by atoms with Crippen molar-refractivity contribution in [2.24, 2.45) is 4.99 Å². The molecule has 0 atom stereocenters. The van der Waals surface area contributed by atoms with Crippen molar-refractivity contribution in [2.45, 2.75) is 26.4 Å². The smallest absolute Gasteiger partial charge is 0.252 e. The predicted octanol–water partition coefficient (Wildman–Crippen LogP) is 3.49. The molecule has 0 saturated carbocycles. The van der Waals surface area contributed by atoms with Crippen LogP contribution in [0.5, 0.6) is 0 Å². The highest BCUT2D eigenvalue weighted by Crippen LogP contribution is 2.25. The molecule has 13 heavy (non-hydrogen) atoms. The minimum Gasteiger partial charge on any atom is -0.252 e. The molecule has 0 aromatic rings. The lowest BCUT2D eigenvalue weighted by Crippen LogP contribution is -2.09. The third kappa shape index (κ3) is 5.22. The van der Waals surface area contributed by atoms with Gasteiger partial charge in [-0.3, -0.25) is 4.99 Å². The van der Waals surface area contributed by atoms with E-state index in [1.54, 1.807) is 6.08 Å². The molecule has 0 aliphatic heterocycles. The topological polar surface area (TPSA) is 12.4 Å². The van der Waals surface area contributed by atoms with E-state index in [2.05, 4.69) is 4.99 Å². The van der Waals surface area contributed by atoms with Crippen LogP contribution < -0.4 is 0 Å². The summed E-state index contributed by atoms with van der Waals surface area (Å²) in [6.07, 6.45) is 1.74. The van der Waals surface area contributed by atoms with Gasteiger partial charge in [0.05, 0.1) is 0 Å². The second kappa shape index (κ2) is 5.56. The van der Waals surface area contributed by atoms with E-state index in [0.29, 0.717) is 0 Å². The molecule has 0 heterocycles. The van der Waals surface area contributed by atoms with Crippen molar-refractivity contribution < 1.29 is 13.2 Å². The van der Waals surface area contributed by atoms with Gasteiger partial charge in [0, 0.05) is 6.21 Å². The summed E-state index contributed by atoms with van der Waals surface area (Å²) in [5, 5.41) is 0. The van der Waals surface area contributed by atoms with Crippen LogP contribution in [0.2, 0.25) is 0 Å². The standard InChI is InChI=1S/C9H12F3N/c1-3-5-6-7-13-8(4-2)9(10,11)12/h4-7H,3H2,1-2H3/b6-5?,8-4-,13-7-. The Hall–Kier alpha value is -1.06. The van der Waals surface area contributed by atoms with Gasteiger partial charge in [-0.1, -0.05) is 19.1 Å². The largest absolute Gasteiger partial charge is 0.432 e. The molecule has 0 amide bonds. The van der Waals surface area contributed by atoms with Crippen LogP contribution in [0.1, 0.15) is 20.3 Å². The van der Waals surface area contributed by atoms with Crippen LogP contribution in [-0.4, -0.2) is 12.4 Å². The van der Waals surface area contributed by atoms with Gasteiger partial charge in [-0.2, -0.15) is 13.2 Å². The maximum Gasteiger partial charge on any atom is 0.432 e. The van der Waals surface area contributed by atoms with Crippen LogP contribution in [0, 0.1) is 0 Å². The first-order chi connectivity index (χ1) is 6.02. The van der Waals surface area contributed by atoms with Crippen LogP contribution in [0.15, 0.2) is 28.9 Å². The number of allylic oxidation sites excluding steroid dienone is 4. The number of hydrogen-bond acceptors (Lipinski definition) is 1. The van der Waals surface area contributed by atoms with Crippen LogP contribution in [0.25, 0.3) is 0 Å². The molecule has 0 aromatic heterocycles. The summed E-state index contributed by atoms with van der Waals surface area (Å²) in [6.45, 7) is 3.20. The Morgan fingerprint density at radius 2 is 2.00 bits per heavy atom. The van der Waals surface area contributed by atoms with Crippen molar-refractivity contribution in [3.63, 3.8) is 0 Å². The summed E-state index contributed by atoms with van der Waals surface area (Å²) >= 11 is 0. The van der Waals surface area contributed by atoms with Gasteiger partial charge < -0.3 is 0 Å². The Morgan fingerprint density at radius 3 is 2.38 bits per heavy atom. The SMILES string of the molecule is C/C=C(\N=C/C=CCC)C(F)(F)F. The lowest BCUT2D eigenvalue weighted by atomic mass is 10.4. The zero-order valence-corrected chi connectivity index (χ0v) is 7.60. The maximum absolute atomic E-state index is 12.0. The Morgan fingerprint density at radius 1 is 1.38 bits per heavy atom. The zero-order chi connectivity index (χ0) is 10.3. The predicted molar refractivity (Wildman–Crippen MR) is 47.7 cm³/mol. The highest BCUT2D eigenvalue weighted by atomic mass is 19.4. The lowest BCUT2D eigenvalue weighted by molar-refractivity contribution is -0.0923. The van der Waals surface area contributed by atoms with E-state index in [1.165, 1.54) is 13.0 Å². The van der Waals surface area contributed by atoms with E-state index >= 15 is 0 Å². The molecule has 0 aromatic carbocycles. The van der Waals surface area contributed by atoms with Crippen molar-refractivity contribution >= 4 is 6.21 Å². The molecule has 0 radical (unpaired) electrons. The van der Waals surface area contributed by atoms with Gasteiger partial charge in [0.1, 0.15) is 5.70 Å². The van der Waals surface area contributed by atoms with Crippen LogP contribution in [0.4, 0.5) is 13.2 Å². The Bertz CT molecular complexity index is 224. The van der Waals surface area contributed by atoms with Gasteiger partial charge in [0.15, 0.2) is 0 Å². The number of nitrogens with zero attached hydrogens (tertiary/aromatic N) is 1. The first kappa shape index (κ1) is 11.9. The average Bonchev–Trinajstić information content (AvgIpc) is 2.02. The van der Waals surface area contributed by atoms with Gasteiger partial charge in [0.2, 0.25) is 0 Å². The highest BCUT2D eigenvalue weighted by molar-refractivity contribution is 5.72. The normalized spacial score (nSPS) is 14.7. The van der Waals surface area contributed by atoms with Crippen LogP contribution in [0.3, 0.4) is 0 Å². The number of alkyl halides is 3. The molecule has 0 aliphatic rings. The van der Waals surface area contributed by atoms with Gasteiger partial charge >= 0.3 is 6.18 Å². The third-order valence-corrected chi connectivity index (χ3v) is 1.24. The van der Waals surface area contributed by atoms with E-state index in [-0.39, 0.29) is 0 Å². The molecule has 0 spiro atoms. The molecule has 0 saturated heterocycles. The van der Waals surface area contributed by atoms with Gasteiger partial charge in [-0.05, 0) is 19.4 Å². The third-order valence-electron chi connectivity index (χ3n) is 1.24. The number of hydrogen-bond donors (Lipinski definition) is 0. The number of aliphatic imine (C=N–C) groups is 1. The van der Waals surface area contributed by atoms with E-state index in [4.69, 9.17) is 0 Å². The quantitative estimate of drug-likeness (QED) is 0.605. The molecule has 1 nitrogen and oxygen atoms in total. The molecule has 0 rings (SSSR count). The first-order valence-electron chi connectivity index (χ1n) is 3.95. The minimum atomic E-state index is -4.36. The summed E-state index contributed by atoms with van der Waals surface area (Å²) < 4.78 is 36.1. The number of halogens is 3. The van der Waals surface area contributed by atoms with E-state index in [0.717, 1.165) is 18.7 Å². The van der Waals surface area contributed by atoms with Crippen molar-refractivity contribution in [3.05, 3.63) is 23.9 Å². The fourth-order valence-corrected chi connectivity index (χ4v) is 0.632. The summed E-state index contributed by atoms with van der Waals surface area (Å²) in [5.41, 5.74) is -0.867. The van der Waals surface area contributed by atoms with Crippen LogP contribution in [-0.2, 0) is 0 Å². The molecule has 0 fully saturated rings. The van der Waals surface area contributed by atoms with Gasteiger partial charge in [-0.15, -0.1) is 0 Å². The van der Waals surface area contributed by atoms with Gasteiger partial charge in [0.25, 0.3) is 0 Å². The average molecular weight is 191 g/mol. The Balaban J connectivity index is 4.32. The monoisotopic (exact) mass is 191 g/mol. The highest BCUT2D eigenvalue weighted by Gasteiger charge is 2.32. The van der Waals surface area contributed by atoms with Crippen molar-refractivity contribution in [1.82, 2.24) is 0 Å². The summed E-state index contributed by atoms with van der Waals surface area (Å²) in [6, 6.07) is 0.